The molecule has 29 heavy (non-hydrogen) atoms. The summed E-state index contributed by atoms with van der Waals surface area (Å²) in [6.07, 6.45) is 5.77. The number of fused-ring (bicyclic) bond motifs is 1. The van der Waals surface area contributed by atoms with Crippen LogP contribution in [-0.4, -0.2) is 34.1 Å². The van der Waals surface area contributed by atoms with Crippen LogP contribution in [0.25, 0.3) is 5.52 Å². The number of carbonyl (C=O) groups is 1. The standard InChI is InChI=1S/C18H16F2N4O.C3H8O/c1-21-18(25)12-7-14(20)16-8-22-9-24(16)17(12)23-15-5-4-11(6-13(15)19)10-2-3-10;1-2-3-4/h4-10,23H,2-3H2,1H3,(H,21,25);4H,2-3H2,1H3. The molecular formula is C21H24F2N4O2. The zero-order valence-electron chi connectivity index (χ0n) is 16.4. The summed E-state index contributed by atoms with van der Waals surface area (Å²) in [4.78, 5) is 16.0. The number of benzene rings is 1. The zero-order chi connectivity index (χ0) is 21.0. The number of pyridine rings is 1. The molecule has 1 fully saturated rings. The number of halogens is 2. The quantitative estimate of drug-likeness (QED) is 0.603. The Labute approximate surface area is 167 Å². The third-order valence-corrected chi connectivity index (χ3v) is 4.64. The summed E-state index contributed by atoms with van der Waals surface area (Å²) in [7, 11) is 1.45. The Morgan fingerprint density at radius 3 is 2.59 bits per heavy atom. The molecule has 8 heteroatoms. The van der Waals surface area contributed by atoms with Gasteiger partial charge in [-0.3, -0.25) is 9.20 Å². The molecule has 2 aromatic heterocycles. The van der Waals surface area contributed by atoms with Gasteiger partial charge in [0.25, 0.3) is 5.91 Å². The predicted octanol–water partition coefficient (Wildman–Crippen LogP) is 3.98. The third-order valence-electron chi connectivity index (χ3n) is 4.64. The van der Waals surface area contributed by atoms with Gasteiger partial charge in [0.15, 0.2) is 0 Å². The van der Waals surface area contributed by atoms with Crippen LogP contribution in [0.3, 0.4) is 0 Å². The molecule has 0 aliphatic heterocycles. The zero-order valence-corrected chi connectivity index (χ0v) is 16.4. The lowest BCUT2D eigenvalue weighted by atomic mass is 10.1. The number of hydrogen-bond donors (Lipinski definition) is 3. The normalized spacial score (nSPS) is 13.0. The van der Waals surface area contributed by atoms with Crippen molar-refractivity contribution >= 4 is 22.9 Å². The van der Waals surface area contributed by atoms with Gasteiger partial charge in [-0.25, -0.2) is 13.8 Å². The fourth-order valence-corrected chi connectivity index (χ4v) is 2.91. The molecule has 154 valence electrons. The fourth-order valence-electron chi connectivity index (χ4n) is 2.91. The van der Waals surface area contributed by atoms with Crippen molar-refractivity contribution in [2.45, 2.75) is 32.1 Å². The number of hydrogen-bond acceptors (Lipinski definition) is 4. The van der Waals surface area contributed by atoms with Gasteiger partial charge >= 0.3 is 0 Å². The molecule has 4 rings (SSSR count). The second kappa shape index (κ2) is 9.00. The lowest BCUT2D eigenvalue weighted by Crippen LogP contribution is -2.21. The van der Waals surface area contributed by atoms with Gasteiger partial charge in [-0.05, 0) is 48.9 Å². The average molecular weight is 402 g/mol. The van der Waals surface area contributed by atoms with Gasteiger partial charge in [-0.2, -0.15) is 0 Å². The molecule has 0 radical (unpaired) electrons. The summed E-state index contributed by atoms with van der Waals surface area (Å²) >= 11 is 0. The summed E-state index contributed by atoms with van der Waals surface area (Å²) in [6, 6.07) is 6.14. The number of aliphatic hydroxyl groups is 1. The minimum absolute atomic E-state index is 0.0659. The van der Waals surface area contributed by atoms with Crippen molar-refractivity contribution in [2.24, 2.45) is 0 Å². The smallest absolute Gasteiger partial charge is 0.254 e. The SMILES string of the molecule is CCCO.CNC(=O)c1cc(F)c2cncn2c1Nc1ccc(C2CC2)cc1F. The van der Waals surface area contributed by atoms with Gasteiger partial charge in [0.1, 0.15) is 29.3 Å². The molecule has 2 heterocycles. The summed E-state index contributed by atoms with van der Waals surface area (Å²) in [5.41, 5.74) is 1.46. The molecule has 6 nitrogen and oxygen atoms in total. The highest BCUT2D eigenvalue weighted by atomic mass is 19.1. The Kier molecular flexibility index (Phi) is 6.43. The van der Waals surface area contributed by atoms with Crippen molar-refractivity contribution in [1.82, 2.24) is 14.7 Å². The first kappa shape index (κ1) is 20.7. The van der Waals surface area contributed by atoms with Crippen LogP contribution >= 0.6 is 0 Å². The van der Waals surface area contributed by atoms with E-state index in [1.54, 1.807) is 6.07 Å². The van der Waals surface area contributed by atoms with Crippen molar-refractivity contribution in [1.29, 1.82) is 0 Å². The molecule has 1 aliphatic rings. The molecule has 1 aliphatic carbocycles. The third kappa shape index (κ3) is 4.54. The predicted molar refractivity (Wildman–Crippen MR) is 108 cm³/mol. The molecule has 0 spiro atoms. The van der Waals surface area contributed by atoms with Crippen molar-refractivity contribution in [2.75, 3.05) is 19.0 Å². The van der Waals surface area contributed by atoms with Crippen LogP contribution in [0.2, 0.25) is 0 Å². The van der Waals surface area contributed by atoms with E-state index >= 15 is 0 Å². The lowest BCUT2D eigenvalue weighted by molar-refractivity contribution is 0.0963. The largest absolute Gasteiger partial charge is 0.396 e. The number of aliphatic hydroxyl groups excluding tert-OH is 1. The molecule has 3 aromatic rings. The number of carbonyl (C=O) groups excluding carboxylic acids is 1. The maximum atomic E-state index is 14.5. The van der Waals surface area contributed by atoms with Crippen molar-refractivity contribution in [3.8, 4) is 0 Å². The summed E-state index contributed by atoms with van der Waals surface area (Å²) in [6.45, 7) is 2.25. The summed E-state index contributed by atoms with van der Waals surface area (Å²) < 4.78 is 30.1. The van der Waals surface area contributed by atoms with Crippen LogP contribution in [0.1, 0.15) is 48.0 Å². The van der Waals surface area contributed by atoms with Crippen molar-refractivity contribution in [3.05, 3.63) is 59.6 Å². The highest BCUT2D eigenvalue weighted by Crippen LogP contribution is 2.41. The number of rotatable bonds is 5. The Morgan fingerprint density at radius 2 is 2.00 bits per heavy atom. The first-order chi connectivity index (χ1) is 14.0. The maximum absolute atomic E-state index is 14.5. The van der Waals surface area contributed by atoms with Crippen LogP contribution in [0.4, 0.5) is 20.3 Å². The Hall–Kier alpha value is -3.00. The minimum atomic E-state index is -0.578. The van der Waals surface area contributed by atoms with E-state index in [9.17, 15) is 13.6 Å². The van der Waals surface area contributed by atoms with E-state index < -0.39 is 17.5 Å². The number of anilines is 2. The topological polar surface area (TPSA) is 78.7 Å². The summed E-state index contributed by atoms with van der Waals surface area (Å²) in [5, 5.41) is 13.3. The van der Waals surface area contributed by atoms with E-state index in [2.05, 4.69) is 15.6 Å². The van der Waals surface area contributed by atoms with Crippen LogP contribution in [-0.2, 0) is 0 Å². The van der Waals surface area contributed by atoms with Gasteiger partial charge in [0, 0.05) is 13.7 Å². The van der Waals surface area contributed by atoms with Gasteiger partial charge in [-0.1, -0.05) is 13.0 Å². The molecule has 1 saturated carbocycles. The lowest BCUT2D eigenvalue weighted by Gasteiger charge is -2.15. The Morgan fingerprint density at radius 1 is 1.28 bits per heavy atom. The molecule has 3 N–H and O–H groups in total. The van der Waals surface area contributed by atoms with E-state index in [1.807, 2.05) is 13.0 Å². The van der Waals surface area contributed by atoms with Crippen molar-refractivity contribution in [3.63, 3.8) is 0 Å². The molecule has 0 unspecified atom stereocenters. The van der Waals surface area contributed by atoms with E-state index in [1.165, 1.54) is 30.0 Å². The first-order valence-electron chi connectivity index (χ1n) is 9.54. The number of nitrogens with one attached hydrogen (secondary N) is 2. The molecule has 1 amide bonds. The Balaban J connectivity index is 0.000000552. The Bertz CT molecular complexity index is 1010. The van der Waals surface area contributed by atoms with Crippen LogP contribution < -0.4 is 10.6 Å². The molecule has 0 atom stereocenters. The van der Waals surface area contributed by atoms with Gasteiger partial charge in [0.05, 0.1) is 17.4 Å². The van der Waals surface area contributed by atoms with Crippen LogP contribution in [0, 0.1) is 11.6 Å². The van der Waals surface area contributed by atoms with Crippen LogP contribution in [0.15, 0.2) is 36.8 Å². The minimum Gasteiger partial charge on any atom is -0.396 e. The van der Waals surface area contributed by atoms with E-state index in [0.717, 1.165) is 30.9 Å². The van der Waals surface area contributed by atoms with E-state index in [-0.39, 0.29) is 22.6 Å². The van der Waals surface area contributed by atoms with E-state index in [0.29, 0.717) is 12.5 Å². The number of imidazole rings is 1. The second-order valence-corrected chi connectivity index (χ2v) is 6.84. The van der Waals surface area contributed by atoms with E-state index in [4.69, 9.17) is 5.11 Å². The number of aromatic nitrogens is 2. The maximum Gasteiger partial charge on any atom is 0.254 e. The highest BCUT2D eigenvalue weighted by molar-refractivity contribution is 6.00. The van der Waals surface area contributed by atoms with Gasteiger partial charge < -0.3 is 15.7 Å². The number of amides is 1. The summed E-state index contributed by atoms with van der Waals surface area (Å²) in [5.74, 6) is -0.773. The molecule has 1 aromatic carbocycles. The van der Waals surface area contributed by atoms with Crippen LogP contribution in [0.5, 0.6) is 0 Å². The molecule has 0 saturated heterocycles. The van der Waals surface area contributed by atoms with Crippen molar-refractivity contribution < 1.29 is 18.7 Å². The molecule has 0 bridgehead atoms. The first-order valence-corrected chi connectivity index (χ1v) is 9.54. The highest BCUT2D eigenvalue weighted by Gasteiger charge is 2.25. The fraction of sp³-hybridized carbons (Fsp3) is 0.333. The van der Waals surface area contributed by atoms with Gasteiger partial charge in [0.2, 0.25) is 0 Å². The monoisotopic (exact) mass is 402 g/mol. The second-order valence-electron chi connectivity index (χ2n) is 6.84. The number of nitrogens with zero attached hydrogens (tertiary/aromatic N) is 2. The van der Waals surface area contributed by atoms with Gasteiger partial charge in [-0.15, -0.1) is 0 Å². The molecular weight excluding hydrogens is 378 g/mol. The average Bonchev–Trinajstić information content (AvgIpc) is 3.46.